The molecule has 0 aromatic carbocycles. The maximum atomic E-state index is 12.8. The van der Waals surface area contributed by atoms with E-state index in [2.05, 4.69) is 30.3 Å². The fourth-order valence-corrected chi connectivity index (χ4v) is 3.57. The Morgan fingerprint density at radius 2 is 1.86 bits per heavy atom. The summed E-state index contributed by atoms with van der Waals surface area (Å²) >= 11 is 0. The molecule has 1 amide bonds. The second-order valence-corrected chi connectivity index (χ2v) is 5.72. The molecule has 2 aliphatic heterocycles. The van der Waals surface area contributed by atoms with Crippen LogP contribution in [0.15, 0.2) is 24.8 Å². The molecule has 0 atom stereocenters. The minimum absolute atomic E-state index is 0.00711. The average Bonchev–Trinajstić information content (AvgIpc) is 3.23. The van der Waals surface area contributed by atoms with E-state index in [1.807, 2.05) is 0 Å². The summed E-state index contributed by atoms with van der Waals surface area (Å²) in [5, 5.41) is 7.02. The summed E-state index contributed by atoms with van der Waals surface area (Å²) in [6.45, 7) is 2.00. The van der Waals surface area contributed by atoms with Crippen molar-refractivity contribution in [3.8, 4) is 5.95 Å². The van der Waals surface area contributed by atoms with Gasteiger partial charge in [-0.2, -0.15) is 14.8 Å². The molecule has 4 rings (SSSR count). The lowest BCUT2D eigenvalue weighted by atomic mass is 9.93. The molecular formula is C14H17N7O. The fraction of sp³-hybridized carbons (Fsp3) is 0.500. The molecule has 2 saturated heterocycles. The Kier molecular flexibility index (Phi) is 3.11. The molecular weight excluding hydrogens is 282 g/mol. The molecule has 2 aromatic heterocycles. The third-order valence-electron chi connectivity index (χ3n) is 4.58. The molecule has 0 bridgehead atoms. The predicted octanol–water partition coefficient (Wildman–Crippen LogP) is 0.624. The minimum atomic E-state index is -0.367. The number of carbonyl (C=O) groups excluding carboxylic acids is 1. The molecule has 1 N–H and O–H groups in total. The molecule has 2 aliphatic rings. The van der Waals surface area contributed by atoms with Gasteiger partial charge in [0.2, 0.25) is 11.9 Å². The van der Waals surface area contributed by atoms with Crippen LogP contribution in [-0.4, -0.2) is 54.2 Å². The number of fused-ring (bicyclic) bond motifs is 1. The average molecular weight is 299 g/mol. The molecule has 4 heterocycles. The van der Waals surface area contributed by atoms with Crippen molar-refractivity contribution in [1.82, 2.24) is 29.6 Å². The van der Waals surface area contributed by atoms with E-state index < -0.39 is 0 Å². The first kappa shape index (κ1) is 13.3. The molecule has 0 unspecified atom stereocenters. The van der Waals surface area contributed by atoms with Gasteiger partial charge >= 0.3 is 0 Å². The molecule has 0 aliphatic carbocycles. The predicted molar refractivity (Wildman–Crippen MR) is 78.4 cm³/mol. The van der Waals surface area contributed by atoms with E-state index in [0.717, 1.165) is 38.8 Å². The maximum Gasteiger partial charge on any atom is 0.253 e. The van der Waals surface area contributed by atoms with Crippen LogP contribution in [0.25, 0.3) is 5.95 Å². The number of rotatable bonds is 3. The highest BCUT2D eigenvalue weighted by atomic mass is 16.2. The number of hydrogen-bond acceptors (Lipinski definition) is 6. The zero-order valence-electron chi connectivity index (χ0n) is 12.1. The monoisotopic (exact) mass is 299 g/mol. The van der Waals surface area contributed by atoms with Gasteiger partial charge in [-0.25, -0.2) is 9.97 Å². The zero-order valence-corrected chi connectivity index (χ0v) is 12.1. The Labute approximate surface area is 127 Å². The number of hydrogen-bond donors (Lipinski definition) is 1. The van der Waals surface area contributed by atoms with Crippen LogP contribution in [0, 0.1) is 0 Å². The van der Waals surface area contributed by atoms with Crippen molar-refractivity contribution in [3.05, 3.63) is 24.8 Å². The summed E-state index contributed by atoms with van der Waals surface area (Å²) in [5.41, 5.74) is -0.367. The largest absolute Gasteiger partial charge is 0.293 e. The SMILES string of the molecule is O=C(Nc1ncnn1-c1ncccn1)C12CCCN1CCC2. The third kappa shape index (κ3) is 1.98. The van der Waals surface area contributed by atoms with Crippen molar-refractivity contribution >= 4 is 11.9 Å². The highest BCUT2D eigenvalue weighted by molar-refractivity contribution is 5.97. The fourth-order valence-electron chi connectivity index (χ4n) is 3.57. The lowest BCUT2D eigenvalue weighted by Gasteiger charge is -2.30. The quantitative estimate of drug-likeness (QED) is 0.894. The molecule has 0 radical (unpaired) electrons. The Morgan fingerprint density at radius 1 is 1.14 bits per heavy atom. The van der Waals surface area contributed by atoms with Gasteiger partial charge < -0.3 is 0 Å². The highest BCUT2D eigenvalue weighted by Gasteiger charge is 2.50. The second-order valence-electron chi connectivity index (χ2n) is 5.72. The van der Waals surface area contributed by atoms with Crippen molar-refractivity contribution < 1.29 is 4.79 Å². The Morgan fingerprint density at radius 3 is 2.59 bits per heavy atom. The number of nitrogens with one attached hydrogen (secondary N) is 1. The second kappa shape index (κ2) is 5.13. The van der Waals surface area contributed by atoms with Crippen LogP contribution >= 0.6 is 0 Å². The summed E-state index contributed by atoms with van der Waals surface area (Å²) < 4.78 is 1.45. The van der Waals surface area contributed by atoms with Crippen molar-refractivity contribution in [2.75, 3.05) is 18.4 Å². The number of anilines is 1. The normalized spacial score (nSPS) is 20.0. The molecule has 0 saturated carbocycles. The zero-order chi connectivity index (χ0) is 15.0. The molecule has 8 heteroatoms. The molecule has 0 spiro atoms. The van der Waals surface area contributed by atoms with Crippen LogP contribution < -0.4 is 5.32 Å². The number of carbonyl (C=O) groups is 1. The molecule has 2 aromatic rings. The molecule has 22 heavy (non-hydrogen) atoms. The van der Waals surface area contributed by atoms with Gasteiger partial charge in [-0.05, 0) is 44.8 Å². The Bertz CT molecular complexity index is 674. The van der Waals surface area contributed by atoms with Gasteiger partial charge in [0.05, 0.1) is 0 Å². The van der Waals surface area contributed by atoms with Gasteiger partial charge in [0.25, 0.3) is 5.95 Å². The van der Waals surface area contributed by atoms with Gasteiger partial charge in [-0.3, -0.25) is 15.0 Å². The van der Waals surface area contributed by atoms with E-state index >= 15 is 0 Å². The summed E-state index contributed by atoms with van der Waals surface area (Å²) in [4.78, 5) is 27.5. The maximum absolute atomic E-state index is 12.8. The summed E-state index contributed by atoms with van der Waals surface area (Å²) in [6, 6.07) is 1.73. The number of aromatic nitrogens is 5. The Balaban J connectivity index is 1.60. The van der Waals surface area contributed by atoms with Crippen LogP contribution in [0.3, 0.4) is 0 Å². The van der Waals surface area contributed by atoms with Crippen molar-refractivity contribution in [3.63, 3.8) is 0 Å². The lowest BCUT2D eigenvalue weighted by Crippen LogP contribution is -2.49. The van der Waals surface area contributed by atoms with Crippen LogP contribution in [0.4, 0.5) is 5.95 Å². The topological polar surface area (TPSA) is 88.8 Å². The summed E-state index contributed by atoms with van der Waals surface area (Å²) in [6.07, 6.45) is 8.62. The van der Waals surface area contributed by atoms with E-state index in [0.29, 0.717) is 11.9 Å². The van der Waals surface area contributed by atoms with E-state index in [-0.39, 0.29) is 11.4 Å². The molecule has 2 fully saturated rings. The van der Waals surface area contributed by atoms with Crippen molar-refractivity contribution in [1.29, 1.82) is 0 Å². The minimum Gasteiger partial charge on any atom is -0.293 e. The van der Waals surface area contributed by atoms with Crippen LogP contribution in [0.5, 0.6) is 0 Å². The molecule has 114 valence electrons. The van der Waals surface area contributed by atoms with E-state index in [9.17, 15) is 4.79 Å². The number of amides is 1. The smallest absolute Gasteiger partial charge is 0.253 e. The van der Waals surface area contributed by atoms with Crippen molar-refractivity contribution in [2.24, 2.45) is 0 Å². The van der Waals surface area contributed by atoms with Gasteiger partial charge in [0, 0.05) is 12.4 Å². The standard InChI is InChI=1S/C14H17N7O/c22-11(14-4-1-8-20(14)9-2-5-14)19-13-17-10-18-21(13)12-15-6-3-7-16-12/h3,6-7,10H,1-2,4-5,8-9H2,(H,17,18,19,22). The van der Waals surface area contributed by atoms with Gasteiger partial charge in [-0.1, -0.05) is 0 Å². The third-order valence-corrected chi connectivity index (χ3v) is 4.58. The van der Waals surface area contributed by atoms with E-state index in [1.54, 1.807) is 18.5 Å². The Hall–Kier alpha value is -2.35. The van der Waals surface area contributed by atoms with Gasteiger partial charge in [0.15, 0.2) is 0 Å². The number of nitrogens with zero attached hydrogens (tertiary/aromatic N) is 6. The van der Waals surface area contributed by atoms with E-state index in [1.165, 1.54) is 11.0 Å². The first-order valence-electron chi connectivity index (χ1n) is 7.53. The van der Waals surface area contributed by atoms with E-state index in [4.69, 9.17) is 0 Å². The van der Waals surface area contributed by atoms with Gasteiger partial charge in [-0.15, -0.1) is 0 Å². The van der Waals surface area contributed by atoms with Crippen LogP contribution in [0.2, 0.25) is 0 Å². The highest BCUT2D eigenvalue weighted by Crippen LogP contribution is 2.39. The van der Waals surface area contributed by atoms with Crippen LogP contribution in [0.1, 0.15) is 25.7 Å². The lowest BCUT2D eigenvalue weighted by molar-refractivity contribution is -0.125. The summed E-state index contributed by atoms with van der Waals surface area (Å²) in [7, 11) is 0. The first-order chi connectivity index (χ1) is 10.8. The first-order valence-corrected chi connectivity index (χ1v) is 7.53. The van der Waals surface area contributed by atoms with Gasteiger partial charge in [0.1, 0.15) is 11.9 Å². The molecule has 8 nitrogen and oxygen atoms in total. The van der Waals surface area contributed by atoms with Crippen LogP contribution in [-0.2, 0) is 4.79 Å². The van der Waals surface area contributed by atoms with Crippen molar-refractivity contribution in [2.45, 2.75) is 31.2 Å². The summed E-state index contributed by atoms with van der Waals surface area (Å²) in [5.74, 6) is 0.763.